The van der Waals surface area contributed by atoms with Gasteiger partial charge in [-0.2, -0.15) is 5.26 Å². The number of thioether (sulfide) groups is 1. The van der Waals surface area contributed by atoms with E-state index in [4.69, 9.17) is 14.7 Å². The van der Waals surface area contributed by atoms with Gasteiger partial charge in [-0.05, 0) is 47.7 Å². The molecule has 7 heteroatoms. The van der Waals surface area contributed by atoms with Gasteiger partial charge in [-0.1, -0.05) is 30.3 Å². The second-order valence-corrected chi connectivity index (χ2v) is 6.19. The number of para-hydroxylation sites is 1. The van der Waals surface area contributed by atoms with E-state index < -0.39 is 0 Å². The van der Waals surface area contributed by atoms with Gasteiger partial charge in [-0.3, -0.25) is 10.1 Å². The third-order valence-electron chi connectivity index (χ3n) is 3.34. The third-order valence-corrected chi connectivity index (χ3v) is 4.25. The van der Waals surface area contributed by atoms with Crippen LogP contribution in [-0.2, 0) is 4.79 Å². The molecule has 0 unspecified atom stereocenters. The molecule has 0 radical (unpaired) electrons. The Labute approximate surface area is 155 Å². The Hall–Kier alpha value is -3.24. The van der Waals surface area contributed by atoms with Crippen molar-refractivity contribution >= 4 is 28.9 Å². The van der Waals surface area contributed by atoms with Crippen molar-refractivity contribution in [3.8, 4) is 17.7 Å². The van der Waals surface area contributed by atoms with E-state index in [0.29, 0.717) is 23.3 Å². The Morgan fingerprint density at radius 2 is 1.69 bits per heavy atom. The number of nitrogens with zero attached hydrogens (tertiary/aromatic N) is 2. The quantitative estimate of drug-likeness (QED) is 0.483. The van der Waals surface area contributed by atoms with E-state index in [1.54, 1.807) is 12.3 Å². The first-order valence-corrected chi connectivity index (χ1v) is 8.64. The highest BCUT2D eigenvalue weighted by Gasteiger charge is 2.23. The second kappa shape index (κ2) is 8.74. The molecule has 1 N–H and O–H groups in total. The maximum Gasteiger partial charge on any atom is 0.264 e. The number of carbonyl (C=O) groups is 1. The zero-order valence-electron chi connectivity index (χ0n) is 13.7. The van der Waals surface area contributed by atoms with Crippen molar-refractivity contribution in [2.45, 2.75) is 0 Å². The van der Waals surface area contributed by atoms with Crippen molar-refractivity contribution < 1.29 is 14.3 Å². The number of benzene rings is 2. The SMILES string of the molecule is N#CN=C1NC(=O)C(=Cc2ccc(OCCOc3ccccc3)cc2)S1. The molecule has 3 rings (SSSR count). The highest BCUT2D eigenvalue weighted by molar-refractivity contribution is 8.18. The fourth-order valence-electron chi connectivity index (χ4n) is 2.17. The molecule has 1 saturated heterocycles. The molecule has 6 nitrogen and oxygen atoms in total. The van der Waals surface area contributed by atoms with Crippen molar-refractivity contribution in [2.75, 3.05) is 13.2 Å². The number of rotatable bonds is 6. The number of nitriles is 1. The van der Waals surface area contributed by atoms with E-state index in [1.165, 1.54) is 0 Å². The zero-order chi connectivity index (χ0) is 18.2. The van der Waals surface area contributed by atoms with E-state index in [-0.39, 0.29) is 5.91 Å². The van der Waals surface area contributed by atoms with Gasteiger partial charge < -0.3 is 9.47 Å². The lowest BCUT2D eigenvalue weighted by Crippen LogP contribution is -2.19. The summed E-state index contributed by atoms with van der Waals surface area (Å²) >= 11 is 1.14. The van der Waals surface area contributed by atoms with Gasteiger partial charge >= 0.3 is 0 Å². The van der Waals surface area contributed by atoms with Crippen molar-refractivity contribution in [1.82, 2.24) is 5.32 Å². The van der Waals surface area contributed by atoms with Crippen LogP contribution in [0.1, 0.15) is 5.56 Å². The molecule has 26 heavy (non-hydrogen) atoms. The fraction of sp³-hybridized carbons (Fsp3) is 0.105. The minimum atomic E-state index is -0.262. The molecule has 1 amide bonds. The standard InChI is InChI=1S/C19H15N3O3S/c20-13-21-19-22-18(23)17(26-19)12-14-6-8-16(9-7-14)25-11-10-24-15-4-2-1-3-5-15/h1-9,12H,10-11H2,(H,21,22,23). The molecule has 1 aliphatic rings. The summed E-state index contributed by atoms with van der Waals surface area (Å²) in [7, 11) is 0. The van der Waals surface area contributed by atoms with Crippen LogP contribution >= 0.6 is 11.8 Å². The van der Waals surface area contributed by atoms with Crippen LogP contribution in [-0.4, -0.2) is 24.3 Å². The average molecular weight is 365 g/mol. The van der Waals surface area contributed by atoms with Crippen molar-refractivity contribution in [3.05, 3.63) is 65.1 Å². The summed E-state index contributed by atoms with van der Waals surface area (Å²) in [6.45, 7) is 0.884. The summed E-state index contributed by atoms with van der Waals surface area (Å²) in [6.07, 6.45) is 3.39. The Bertz CT molecular complexity index is 871. The van der Waals surface area contributed by atoms with Gasteiger partial charge in [0.25, 0.3) is 5.91 Å². The molecular formula is C19H15N3O3S. The van der Waals surface area contributed by atoms with Gasteiger partial charge in [0.1, 0.15) is 24.7 Å². The summed E-state index contributed by atoms with van der Waals surface area (Å²) < 4.78 is 11.2. The molecule has 2 aromatic carbocycles. The van der Waals surface area contributed by atoms with Crippen LogP contribution in [0.15, 0.2) is 64.5 Å². The maximum absolute atomic E-state index is 11.8. The minimum Gasteiger partial charge on any atom is -0.490 e. The predicted octanol–water partition coefficient (Wildman–Crippen LogP) is 3.19. The molecule has 1 aliphatic heterocycles. The lowest BCUT2D eigenvalue weighted by Gasteiger charge is -2.08. The van der Waals surface area contributed by atoms with Gasteiger partial charge in [0.2, 0.25) is 6.19 Å². The number of aliphatic imine (C=N–C) groups is 1. The van der Waals surface area contributed by atoms with Crippen molar-refractivity contribution in [3.63, 3.8) is 0 Å². The number of hydrogen-bond acceptors (Lipinski definition) is 6. The Kier molecular flexibility index (Phi) is 5.91. The molecule has 0 aliphatic carbocycles. The van der Waals surface area contributed by atoms with Gasteiger partial charge in [0.15, 0.2) is 5.17 Å². The van der Waals surface area contributed by atoms with E-state index in [0.717, 1.165) is 28.8 Å². The lowest BCUT2D eigenvalue weighted by molar-refractivity contribution is -0.115. The van der Waals surface area contributed by atoms with Crippen molar-refractivity contribution in [1.29, 1.82) is 5.26 Å². The highest BCUT2D eigenvalue weighted by Crippen LogP contribution is 2.26. The second-order valence-electron chi connectivity index (χ2n) is 5.16. The summed E-state index contributed by atoms with van der Waals surface area (Å²) in [6, 6.07) is 16.9. The van der Waals surface area contributed by atoms with Gasteiger partial charge in [-0.25, -0.2) is 0 Å². The summed E-state index contributed by atoms with van der Waals surface area (Å²) in [4.78, 5) is 15.8. The van der Waals surface area contributed by atoms with Crippen LogP contribution < -0.4 is 14.8 Å². The fourth-order valence-corrected chi connectivity index (χ4v) is 2.95. The smallest absolute Gasteiger partial charge is 0.264 e. The van der Waals surface area contributed by atoms with Crippen LogP contribution in [0.4, 0.5) is 0 Å². The lowest BCUT2D eigenvalue weighted by atomic mass is 10.2. The van der Waals surface area contributed by atoms with Crippen LogP contribution in [0.5, 0.6) is 11.5 Å². The molecule has 130 valence electrons. The zero-order valence-corrected chi connectivity index (χ0v) is 14.5. The number of amides is 1. The number of nitrogens with one attached hydrogen (secondary N) is 1. The first kappa shape index (κ1) is 17.6. The number of amidine groups is 1. The molecule has 0 bridgehead atoms. The molecule has 0 atom stereocenters. The topological polar surface area (TPSA) is 83.7 Å². The monoisotopic (exact) mass is 365 g/mol. The Morgan fingerprint density at radius 3 is 2.35 bits per heavy atom. The maximum atomic E-state index is 11.8. The van der Waals surface area contributed by atoms with Crippen LogP contribution in [0.3, 0.4) is 0 Å². The molecule has 1 fully saturated rings. The van der Waals surface area contributed by atoms with E-state index in [9.17, 15) is 4.79 Å². The van der Waals surface area contributed by atoms with Crippen LogP contribution in [0, 0.1) is 11.5 Å². The minimum absolute atomic E-state index is 0.262. The first-order chi connectivity index (χ1) is 12.7. The molecule has 0 spiro atoms. The van der Waals surface area contributed by atoms with Gasteiger partial charge in [0.05, 0.1) is 4.91 Å². The largest absolute Gasteiger partial charge is 0.490 e. The van der Waals surface area contributed by atoms with E-state index in [1.807, 2.05) is 54.6 Å². The average Bonchev–Trinajstić information content (AvgIpc) is 3.00. The number of hydrogen-bond donors (Lipinski definition) is 1. The summed E-state index contributed by atoms with van der Waals surface area (Å²) in [5.41, 5.74) is 0.855. The first-order valence-electron chi connectivity index (χ1n) is 7.83. The van der Waals surface area contributed by atoms with Crippen molar-refractivity contribution in [2.24, 2.45) is 4.99 Å². The normalized spacial score (nSPS) is 16.3. The molecule has 1 heterocycles. The van der Waals surface area contributed by atoms with E-state index in [2.05, 4.69) is 10.3 Å². The number of carbonyl (C=O) groups excluding carboxylic acids is 1. The molecule has 0 aromatic heterocycles. The van der Waals surface area contributed by atoms with Gasteiger partial charge in [-0.15, -0.1) is 4.99 Å². The summed E-state index contributed by atoms with van der Waals surface area (Å²) in [5.74, 6) is 1.27. The van der Waals surface area contributed by atoms with Crippen LogP contribution in [0.25, 0.3) is 6.08 Å². The predicted molar refractivity (Wildman–Crippen MR) is 101 cm³/mol. The molecular weight excluding hydrogens is 350 g/mol. The van der Waals surface area contributed by atoms with Gasteiger partial charge in [0, 0.05) is 0 Å². The highest BCUT2D eigenvalue weighted by atomic mass is 32.2. The third kappa shape index (κ3) is 4.88. The summed E-state index contributed by atoms with van der Waals surface area (Å²) in [5, 5.41) is 11.4. The Morgan fingerprint density at radius 1 is 1.04 bits per heavy atom. The number of ether oxygens (including phenoxy) is 2. The van der Waals surface area contributed by atoms with E-state index >= 15 is 0 Å². The molecule has 0 saturated carbocycles. The molecule has 2 aromatic rings. The van der Waals surface area contributed by atoms with Crippen LogP contribution in [0.2, 0.25) is 0 Å². The Balaban J connectivity index is 1.51.